The fourth-order valence-electron chi connectivity index (χ4n) is 3.13. The van der Waals surface area contributed by atoms with Crippen molar-refractivity contribution in [2.75, 3.05) is 0 Å². The van der Waals surface area contributed by atoms with Crippen LogP contribution in [0.4, 0.5) is 0 Å². The van der Waals surface area contributed by atoms with Crippen LogP contribution in [0.15, 0.2) is 42.5 Å². The van der Waals surface area contributed by atoms with Crippen molar-refractivity contribution in [1.82, 2.24) is 4.57 Å². The highest BCUT2D eigenvalue weighted by atomic mass is 16.1. The van der Waals surface area contributed by atoms with Gasteiger partial charge in [0.1, 0.15) is 0 Å². The molecule has 2 heteroatoms. The summed E-state index contributed by atoms with van der Waals surface area (Å²) in [5.41, 5.74) is 6.11. The second-order valence-electron chi connectivity index (χ2n) is 5.18. The van der Waals surface area contributed by atoms with E-state index in [0.717, 1.165) is 33.3 Å². The Labute approximate surface area is 111 Å². The fourth-order valence-corrected chi connectivity index (χ4v) is 3.13. The number of rotatable bonds is 0. The van der Waals surface area contributed by atoms with Crippen LogP contribution in [0.25, 0.3) is 22.2 Å². The van der Waals surface area contributed by atoms with E-state index in [1.54, 1.807) is 0 Å². The van der Waals surface area contributed by atoms with Crippen LogP contribution in [-0.2, 0) is 7.05 Å². The van der Waals surface area contributed by atoms with Gasteiger partial charge in [-0.05, 0) is 19.1 Å². The summed E-state index contributed by atoms with van der Waals surface area (Å²) >= 11 is 0. The number of aromatic nitrogens is 1. The number of aryl methyl sites for hydroxylation is 2. The van der Waals surface area contributed by atoms with Crippen molar-refractivity contribution >= 4 is 16.7 Å². The topological polar surface area (TPSA) is 22.0 Å². The molecule has 0 bridgehead atoms. The van der Waals surface area contributed by atoms with Gasteiger partial charge in [0.05, 0.1) is 11.3 Å². The van der Waals surface area contributed by atoms with Gasteiger partial charge < -0.3 is 4.57 Å². The molecule has 19 heavy (non-hydrogen) atoms. The third-order valence-corrected chi connectivity index (χ3v) is 4.01. The van der Waals surface area contributed by atoms with E-state index in [0.29, 0.717) is 0 Å². The van der Waals surface area contributed by atoms with Gasteiger partial charge >= 0.3 is 0 Å². The van der Waals surface area contributed by atoms with Crippen LogP contribution in [0.1, 0.15) is 21.5 Å². The van der Waals surface area contributed by atoms with Crippen molar-refractivity contribution in [1.29, 1.82) is 0 Å². The van der Waals surface area contributed by atoms with Gasteiger partial charge in [0.25, 0.3) is 0 Å². The molecule has 0 radical (unpaired) electrons. The Bertz CT molecular complexity index is 855. The Hall–Kier alpha value is -2.35. The van der Waals surface area contributed by atoms with E-state index >= 15 is 0 Å². The molecule has 1 heterocycles. The zero-order valence-corrected chi connectivity index (χ0v) is 10.9. The number of hydrogen-bond donors (Lipinski definition) is 0. The summed E-state index contributed by atoms with van der Waals surface area (Å²) in [4.78, 5) is 12.6. The first-order valence-electron chi connectivity index (χ1n) is 6.41. The highest BCUT2D eigenvalue weighted by Crippen LogP contribution is 2.42. The zero-order chi connectivity index (χ0) is 13.1. The van der Waals surface area contributed by atoms with Gasteiger partial charge in [-0.15, -0.1) is 0 Å². The van der Waals surface area contributed by atoms with Crippen molar-refractivity contribution in [2.24, 2.45) is 7.05 Å². The van der Waals surface area contributed by atoms with Crippen LogP contribution >= 0.6 is 0 Å². The Morgan fingerprint density at radius 1 is 1.00 bits per heavy atom. The number of hydrogen-bond acceptors (Lipinski definition) is 1. The molecule has 0 N–H and O–H groups in total. The first-order chi connectivity index (χ1) is 9.18. The summed E-state index contributed by atoms with van der Waals surface area (Å²) in [6.45, 7) is 2.06. The summed E-state index contributed by atoms with van der Waals surface area (Å²) in [6.07, 6.45) is 0. The maximum atomic E-state index is 12.6. The number of fused-ring (bicyclic) bond motifs is 5. The van der Waals surface area contributed by atoms with Gasteiger partial charge in [-0.1, -0.05) is 35.9 Å². The molecule has 1 aliphatic rings. The standard InChI is InChI=1S/C17H13NO/c1-10-7-8-14-13(9-10)15-16(18(14)2)11-5-3-4-6-12(11)17(15)19/h3-9H,1-2H3. The average Bonchev–Trinajstić information content (AvgIpc) is 2.86. The number of benzene rings is 2. The first kappa shape index (κ1) is 10.6. The lowest BCUT2D eigenvalue weighted by Crippen LogP contribution is -1.95. The van der Waals surface area contributed by atoms with Crippen molar-refractivity contribution in [3.05, 3.63) is 59.2 Å². The molecule has 2 aromatic carbocycles. The Morgan fingerprint density at radius 3 is 2.53 bits per heavy atom. The van der Waals surface area contributed by atoms with Gasteiger partial charge in [0, 0.05) is 29.1 Å². The third-order valence-electron chi connectivity index (χ3n) is 4.01. The van der Waals surface area contributed by atoms with Crippen LogP contribution < -0.4 is 0 Å². The Balaban J connectivity index is 2.22. The van der Waals surface area contributed by atoms with E-state index < -0.39 is 0 Å². The summed E-state index contributed by atoms with van der Waals surface area (Å²) in [6, 6.07) is 14.2. The molecule has 92 valence electrons. The van der Waals surface area contributed by atoms with Crippen LogP contribution in [-0.4, -0.2) is 10.4 Å². The molecular weight excluding hydrogens is 234 g/mol. The molecule has 0 atom stereocenters. The van der Waals surface area contributed by atoms with E-state index in [-0.39, 0.29) is 5.78 Å². The SMILES string of the molecule is Cc1ccc2c(c1)c1c(n2C)-c2ccccc2C1=O. The molecule has 0 unspecified atom stereocenters. The minimum Gasteiger partial charge on any atom is -0.343 e. The third kappa shape index (κ3) is 1.18. The van der Waals surface area contributed by atoms with E-state index in [1.807, 2.05) is 31.3 Å². The zero-order valence-electron chi connectivity index (χ0n) is 10.9. The normalized spacial score (nSPS) is 12.8. The van der Waals surface area contributed by atoms with Crippen molar-refractivity contribution < 1.29 is 4.79 Å². The number of ketones is 1. The summed E-state index contributed by atoms with van der Waals surface area (Å²) in [7, 11) is 2.03. The van der Waals surface area contributed by atoms with Crippen molar-refractivity contribution in [3.63, 3.8) is 0 Å². The summed E-state index contributed by atoms with van der Waals surface area (Å²) < 4.78 is 2.13. The number of carbonyl (C=O) groups is 1. The Morgan fingerprint density at radius 2 is 1.74 bits per heavy atom. The second kappa shape index (κ2) is 3.35. The lowest BCUT2D eigenvalue weighted by atomic mass is 10.1. The molecule has 4 rings (SSSR count). The maximum absolute atomic E-state index is 12.6. The highest BCUT2D eigenvalue weighted by Gasteiger charge is 2.31. The molecule has 3 aromatic rings. The van der Waals surface area contributed by atoms with E-state index in [2.05, 4.69) is 29.7 Å². The van der Waals surface area contributed by atoms with Crippen molar-refractivity contribution in [2.45, 2.75) is 6.92 Å². The lowest BCUT2D eigenvalue weighted by molar-refractivity contribution is 0.104. The molecule has 0 saturated carbocycles. The van der Waals surface area contributed by atoms with Gasteiger partial charge in [0.2, 0.25) is 0 Å². The summed E-state index contributed by atoms with van der Waals surface area (Å²) in [5, 5.41) is 1.07. The number of carbonyl (C=O) groups excluding carboxylic acids is 1. The monoisotopic (exact) mass is 247 g/mol. The minimum absolute atomic E-state index is 0.154. The molecule has 1 aromatic heterocycles. The highest BCUT2D eigenvalue weighted by molar-refractivity contribution is 6.27. The Kier molecular flexibility index (Phi) is 1.86. The molecular formula is C17H13NO. The largest absolute Gasteiger partial charge is 0.343 e. The lowest BCUT2D eigenvalue weighted by Gasteiger charge is -2.04. The first-order valence-corrected chi connectivity index (χ1v) is 6.41. The van der Waals surface area contributed by atoms with Crippen LogP contribution in [0.2, 0.25) is 0 Å². The fraction of sp³-hybridized carbons (Fsp3) is 0.118. The van der Waals surface area contributed by atoms with Gasteiger partial charge in [-0.25, -0.2) is 0 Å². The molecule has 1 aliphatic carbocycles. The predicted octanol–water partition coefficient (Wildman–Crippen LogP) is 3.70. The van der Waals surface area contributed by atoms with E-state index in [9.17, 15) is 4.79 Å². The summed E-state index contributed by atoms with van der Waals surface area (Å²) in [5.74, 6) is 0.154. The molecule has 2 nitrogen and oxygen atoms in total. The van der Waals surface area contributed by atoms with Crippen LogP contribution in [0, 0.1) is 6.92 Å². The molecule has 0 aliphatic heterocycles. The smallest absolute Gasteiger partial charge is 0.196 e. The predicted molar refractivity (Wildman–Crippen MR) is 76.5 cm³/mol. The molecule has 0 saturated heterocycles. The quantitative estimate of drug-likeness (QED) is 0.464. The number of nitrogens with zero attached hydrogens (tertiary/aromatic N) is 1. The van der Waals surface area contributed by atoms with Gasteiger partial charge in [-0.3, -0.25) is 4.79 Å². The maximum Gasteiger partial charge on any atom is 0.196 e. The minimum atomic E-state index is 0.154. The van der Waals surface area contributed by atoms with Crippen LogP contribution in [0.5, 0.6) is 0 Å². The van der Waals surface area contributed by atoms with E-state index in [1.165, 1.54) is 5.56 Å². The second-order valence-corrected chi connectivity index (χ2v) is 5.18. The van der Waals surface area contributed by atoms with Gasteiger partial charge in [0.15, 0.2) is 5.78 Å². The average molecular weight is 247 g/mol. The van der Waals surface area contributed by atoms with E-state index in [4.69, 9.17) is 0 Å². The van der Waals surface area contributed by atoms with Crippen LogP contribution in [0.3, 0.4) is 0 Å². The van der Waals surface area contributed by atoms with Gasteiger partial charge in [-0.2, -0.15) is 0 Å². The molecule has 0 spiro atoms. The molecule has 0 fully saturated rings. The van der Waals surface area contributed by atoms with Crippen molar-refractivity contribution in [3.8, 4) is 11.3 Å². The molecule has 0 amide bonds.